The first-order valence-electron chi connectivity index (χ1n) is 9.75. The van der Waals surface area contributed by atoms with Gasteiger partial charge in [-0.1, -0.05) is 12.0 Å². The number of benzene rings is 2. The van der Waals surface area contributed by atoms with Gasteiger partial charge < -0.3 is 20.1 Å². The highest BCUT2D eigenvalue weighted by Gasteiger charge is 2.19. The summed E-state index contributed by atoms with van der Waals surface area (Å²) in [5.41, 5.74) is 1.75. The van der Waals surface area contributed by atoms with Crippen LogP contribution < -0.4 is 10.1 Å². The van der Waals surface area contributed by atoms with Gasteiger partial charge in [0.05, 0.1) is 16.5 Å². The van der Waals surface area contributed by atoms with Crippen LogP contribution >= 0.6 is 0 Å². The number of aromatic nitrogens is 2. The molecule has 0 radical (unpaired) electrons. The van der Waals surface area contributed by atoms with Crippen LogP contribution in [0.25, 0.3) is 10.9 Å². The van der Waals surface area contributed by atoms with E-state index in [9.17, 15) is 9.90 Å². The number of nitrogens with zero attached hydrogens (tertiary/aromatic N) is 3. The van der Waals surface area contributed by atoms with Crippen LogP contribution in [0.2, 0.25) is 0 Å². The van der Waals surface area contributed by atoms with E-state index in [0.29, 0.717) is 17.2 Å². The fourth-order valence-electron chi connectivity index (χ4n) is 3.53. The Morgan fingerprint density at radius 3 is 2.83 bits per heavy atom. The lowest BCUT2D eigenvalue weighted by molar-refractivity contribution is 0.0696. The van der Waals surface area contributed by atoms with E-state index in [1.807, 2.05) is 18.2 Å². The van der Waals surface area contributed by atoms with E-state index in [1.54, 1.807) is 18.3 Å². The number of fused-ring (bicyclic) bond motifs is 1. The first-order chi connectivity index (χ1) is 14.5. The van der Waals surface area contributed by atoms with Gasteiger partial charge in [-0.3, -0.25) is 0 Å². The highest BCUT2D eigenvalue weighted by atomic mass is 16.5. The van der Waals surface area contributed by atoms with E-state index in [1.165, 1.54) is 6.07 Å². The summed E-state index contributed by atoms with van der Waals surface area (Å²) in [5, 5.41) is 13.1. The van der Waals surface area contributed by atoms with Gasteiger partial charge in [0.2, 0.25) is 5.95 Å². The van der Waals surface area contributed by atoms with Crippen molar-refractivity contribution in [3.05, 3.63) is 53.7 Å². The second-order valence-corrected chi connectivity index (χ2v) is 7.34. The molecule has 0 saturated carbocycles. The number of rotatable bonds is 5. The molecular weight excluding hydrogens is 380 g/mol. The molecule has 4 rings (SSSR count). The number of carbonyl (C=O) groups is 1. The number of hydrogen-bond donors (Lipinski definition) is 2. The second kappa shape index (κ2) is 8.39. The van der Waals surface area contributed by atoms with E-state index >= 15 is 0 Å². The summed E-state index contributed by atoms with van der Waals surface area (Å²) in [7, 11) is 2.12. The highest BCUT2D eigenvalue weighted by Crippen LogP contribution is 2.28. The van der Waals surface area contributed by atoms with Crippen LogP contribution in [0.1, 0.15) is 28.8 Å². The lowest BCUT2D eigenvalue weighted by Gasteiger charge is -2.29. The molecule has 152 valence electrons. The minimum absolute atomic E-state index is 0.0816. The third kappa shape index (κ3) is 4.19. The van der Waals surface area contributed by atoms with Crippen LogP contribution in [-0.2, 0) is 0 Å². The highest BCUT2D eigenvalue weighted by molar-refractivity contribution is 5.91. The largest absolute Gasteiger partial charge is 0.490 e. The monoisotopic (exact) mass is 402 g/mol. The van der Waals surface area contributed by atoms with Crippen molar-refractivity contribution in [1.82, 2.24) is 14.9 Å². The van der Waals surface area contributed by atoms with Crippen LogP contribution in [0.5, 0.6) is 5.75 Å². The van der Waals surface area contributed by atoms with Crippen LogP contribution in [-0.4, -0.2) is 52.2 Å². The molecule has 2 heterocycles. The molecule has 0 bridgehead atoms. The summed E-state index contributed by atoms with van der Waals surface area (Å²) < 4.78 is 6.24. The van der Waals surface area contributed by atoms with Crippen molar-refractivity contribution < 1.29 is 14.6 Å². The zero-order chi connectivity index (χ0) is 21.1. The molecule has 1 saturated heterocycles. The summed E-state index contributed by atoms with van der Waals surface area (Å²) in [6.07, 6.45) is 9.36. The van der Waals surface area contributed by atoms with Crippen molar-refractivity contribution in [2.24, 2.45) is 0 Å². The molecule has 0 amide bonds. The summed E-state index contributed by atoms with van der Waals surface area (Å²) in [6.45, 7) is 2.06. The SMILES string of the molecule is C#Cc1cc(Nc2ncc3c(OC4CCN(C)CC4)cccc3n2)ccc1C(=O)O. The molecule has 7 heteroatoms. The molecule has 0 aliphatic carbocycles. The molecule has 1 aromatic heterocycles. The molecule has 3 aromatic rings. The number of anilines is 2. The molecule has 0 atom stereocenters. The molecule has 0 unspecified atom stereocenters. The molecule has 7 nitrogen and oxygen atoms in total. The fraction of sp³-hybridized carbons (Fsp3) is 0.261. The first-order valence-corrected chi connectivity index (χ1v) is 9.75. The van der Waals surface area contributed by atoms with Gasteiger partial charge in [0.1, 0.15) is 11.9 Å². The van der Waals surface area contributed by atoms with Gasteiger partial charge in [-0.2, -0.15) is 0 Å². The first kappa shape index (κ1) is 19.7. The van der Waals surface area contributed by atoms with E-state index in [-0.39, 0.29) is 11.7 Å². The van der Waals surface area contributed by atoms with Gasteiger partial charge in [-0.25, -0.2) is 14.8 Å². The Balaban J connectivity index is 1.56. The predicted octanol–water partition coefficient (Wildman–Crippen LogP) is 3.53. The third-order valence-corrected chi connectivity index (χ3v) is 5.21. The maximum Gasteiger partial charge on any atom is 0.336 e. The fourth-order valence-corrected chi connectivity index (χ4v) is 3.53. The lowest BCUT2D eigenvalue weighted by atomic mass is 10.1. The molecular formula is C23H22N4O3. The second-order valence-electron chi connectivity index (χ2n) is 7.34. The Hall–Kier alpha value is -3.63. The van der Waals surface area contributed by atoms with Crippen molar-refractivity contribution >= 4 is 28.5 Å². The standard InChI is InChI=1S/C23H22N4O3/c1-3-15-13-16(7-8-18(15)22(28)29)25-23-24-14-19-20(26-23)5-4-6-21(19)30-17-9-11-27(2)12-10-17/h1,4-8,13-14,17H,9-12H2,2H3,(H,28,29)(H,24,25,26). The number of likely N-dealkylation sites (tertiary alicyclic amines) is 1. The third-order valence-electron chi connectivity index (χ3n) is 5.21. The van der Waals surface area contributed by atoms with E-state index in [0.717, 1.165) is 42.6 Å². The number of hydrogen-bond acceptors (Lipinski definition) is 6. The van der Waals surface area contributed by atoms with Gasteiger partial charge in [0, 0.05) is 30.5 Å². The summed E-state index contributed by atoms with van der Waals surface area (Å²) in [6, 6.07) is 10.5. The van der Waals surface area contributed by atoms with Crippen molar-refractivity contribution in [1.29, 1.82) is 0 Å². The van der Waals surface area contributed by atoms with Crippen molar-refractivity contribution in [2.45, 2.75) is 18.9 Å². The zero-order valence-corrected chi connectivity index (χ0v) is 16.6. The molecule has 2 N–H and O–H groups in total. The van der Waals surface area contributed by atoms with E-state index in [2.05, 4.69) is 33.2 Å². The van der Waals surface area contributed by atoms with Gasteiger partial charge >= 0.3 is 5.97 Å². The summed E-state index contributed by atoms with van der Waals surface area (Å²) >= 11 is 0. The Morgan fingerprint density at radius 2 is 2.10 bits per heavy atom. The number of nitrogens with one attached hydrogen (secondary N) is 1. The smallest absolute Gasteiger partial charge is 0.336 e. The van der Waals surface area contributed by atoms with Crippen molar-refractivity contribution in [2.75, 3.05) is 25.5 Å². The Morgan fingerprint density at radius 1 is 1.30 bits per heavy atom. The number of piperidine rings is 1. The number of carboxylic acids is 1. The maximum atomic E-state index is 11.2. The Labute approximate surface area is 174 Å². The average Bonchev–Trinajstić information content (AvgIpc) is 2.75. The van der Waals surface area contributed by atoms with Crippen LogP contribution in [0, 0.1) is 12.3 Å². The number of aromatic carboxylic acids is 1. The van der Waals surface area contributed by atoms with Crippen LogP contribution in [0.15, 0.2) is 42.6 Å². The van der Waals surface area contributed by atoms with E-state index in [4.69, 9.17) is 11.2 Å². The number of carboxylic acid groups (broad SMARTS) is 1. The van der Waals surface area contributed by atoms with Crippen molar-refractivity contribution in [3.8, 4) is 18.1 Å². The van der Waals surface area contributed by atoms with Gasteiger partial charge in [0.25, 0.3) is 0 Å². The predicted molar refractivity (Wildman–Crippen MR) is 115 cm³/mol. The van der Waals surface area contributed by atoms with Crippen LogP contribution in [0.3, 0.4) is 0 Å². The Kier molecular flexibility index (Phi) is 5.50. The number of terminal acetylenes is 1. The zero-order valence-electron chi connectivity index (χ0n) is 16.6. The van der Waals surface area contributed by atoms with Crippen LogP contribution in [0.4, 0.5) is 11.6 Å². The van der Waals surface area contributed by atoms with Gasteiger partial charge in [-0.05, 0) is 50.2 Å². The minimum atomic E-state index is -1.06. The number of ether oxygens (including phenoxy) is 1. The van der Waals surface area contributed by atoms with Gasteiger partial charge in [0.15, 0.2) is 0 Å². The molecule has 1 aliphatic heterocycles. The maximum absolute atomic E-state index is 11.2. The summed E-state index contributed by atoms with van der Waals surface area (Å²) in [5.74, 6) is 2.52. The van der Waals surface area contributed by atoms with Gasteiger partial charge in [-0.15, -0.1) is 6.42 Å². The Bertz CT molecular complexity index is 1130. The quantitative estimate of drug-likeness (QED) is 0.631. The van der Waals surface area contributed by atoms with E-state index < -0.39 is 5.97 Å². The molecule has 1 fully saturated rings. The lowest BCUT2D eigenvalue weighted by Crippen LogP contribution is -2.35. The summed E-state index contributed by atoms with van der Waals surface area (Å²) in [4.78, 5) is 22.5. The molecule has 0 spiro atoms. The molecule has 2 aromatic carbocycles. The normalized spacial score (nSPS) is 14.9. The topological polar surface area (TPSA) is 87.6 Å². The molecule has 30 heavy (non-hydrogen) atoms. The molecule has 1 aliphatic rings. The average molecular weight is 402 g/mol. The minimum Gasteiger partial charge on any atom is -0.490 e. The van der Waals surface area contributed by atoms with Crippen molar-refractivity contribution in [3.63, 3.8) is 0 Å².